The Kier molecular flexibility index (Phi) is 6.63. The molecule has 0 bridgehead atoms. The van der Waals surface area contributed by atoms with Crippen molar-refractivity contribution in [2.24, 2.45) is 0 Å². The Bertz CT molecular complexity index is 792. The maximum absolute atomic E-state index is 12.4. The summed E-state index contributed by atoms with van der Waals surface area (Å²) in [4.78, 5) is 17.1. The van der Waals surface area contributed by atoms with Crippen LogP contribution in [0.4, 0.5) is 11.4 Å². The summed E-state index contributed by atoms with van der Waals surface area (Å²) in [6, 6.07) is 13.1. The largest absolute Gasteiger partial charge is 0.480 e. The summed E-state index contributed by atoms with van der Waals surface area (Å²) in [5.41, 5.74) is 1.93. The fourth-order valence-corrected chi connectivity index (χ4v) is 3.66. The van der Waals surface area contributed by atoms with Gasteiger partial charge in [-0.1, -0.05) is 11.6 Å². The van der Waals surface area contributed by atoms with Gasteiger partial charge in [-0.3, -0.25) is 4.79 Å². The van der Waals surface area contributed by atoms with Gasteiger partial charge in [0.2, 0.25) is 0 Å². The standard InChI is InChI=1S/C20H23BrClN3O2/c1-14(27-19-8-3-15(22)13-18(19)21)20(26)23-16-4-6-17(7-5-16)25-11-9-24(2)10-12-25/h3-8,13-14H,9-12H2,1-2H3,(H,23,26). The van der Waals surface area contributed by atoms with Crippen LogP contribution in [-0.2, 0) is 4.79 Å². The predicted octanol–water partition coefficient (Wildman–Crippen LogP) is 4.26. The number of likely N-dealkylation sites (N-methyl/N-ethyl adjacent to an activating group) is 1. The van der Waals surface area contributed by atoms with Gasteiger partial charge in [0.05, 0.1) is 4.47 Å². The highest BCUT2D eigenvalue weighted by Crippen LogP contribution is 2.29. The molecule has 7 heteroatoms. The molecule has 0 radical (unpaired) electrons. The van der Waals surface area contributed by atoms with E-state index in [1.807, 2.05) is 24.3 Å². The van der Waals surface area contributed by atoms with Crippen LogP contribution in [0.1, 0.15) is 6.92 Å². The van der Waals surface area contributed by atoms with Crippen LogP contribution in [0.25, 0.3) is 0 Å². The molecule has 0 aliphatic carbocycles. The maximum atomic E-state index is 12.4. The highest BCUT2D eigenvalue weighted by Gasteiger charge is 2.17. The van der Waals surface area contributed by atoms with Crippen LogP contribution in [0.3, 0.4) is 0 Å². The molecule has 1 unspecified atom stereocenters. The minimum Gasteiger partial charge on any atom is -0.480 e. The summed E-state index contributed by atoms with van der Waals surface area (Å²) < 4.78 is 6.45. The molecule has 27 heavy (non-hydrogen) atoms. The molecule has 0 spiro atoms. The molecule has 0 aromatic heterocycles. The number of carbonyl (C=O) groups is 1. The van der Waals surface area contributed by atoms with E-state index in [1.54, 1.807) is 25.1 Å². The van der Waals surface area contributed by atoms with Crippen LogP contribution in [0, 0.1) is 0 Å². The number of halogens is 2. The van der Waals surface area contributed by atoms with Gasteiger partial charge in [0, 0.05) is 42.6 Å². The third-order valence-corrected chi connectivity index (χ3v) is 5.42. The van der Waals surface area contributed by atoms with Gasteiger partial charge >= 0.3 is 0 Å². The van der Waals surface area contributed by atoms with Crippen LogP contribution in [0.5, 0.6) is 5.75 Å². The fraction of sp³-hybridized carbons (Fsp3) is 0.350. The van der Waals surface area contributed by atoms with Crippen molar-refractivity contribution >= 4 is 44.8 Å². The zero-order valence-corrected chi connectivity index (χ0v) is 17.8. The number of carbonyl (C=O) groups excluding carboxylic acids is 1. The first-order valence-corrected chi connectivity index (χ1v) is 10.1. The van der Waals surface area contributed by atoms with Crippen LogP contribution in [0.15, 0.2) is 46.9 Å². The van der Waals surface area contributed by atoms with Gasteiger partial charge in [-0.25, -0.2) is 0 Å². The molecule has 2 aromatic carbocycles. The van der Waals surface area contributed by atoms with Gasteiger partial charge in [-0.15, -0.1) is 0 Å². The molecule has 144 valence electrons. The predicted molar refractivity (Wildman–Crippen MR) is 114 cm³/mol. The SMILES string of the molecule is CC(Oc1ccc(Cl)cc1Br)C(=O)Nc1ccc(N2CCN(C)CC2)cc1. The number of nitrogens with zero attached hydrogens (tertiary/aromatic N) is 2. The van der Waals surface area contributed by atoms with Crippen LogP contribution >= 0.6 is 27.5 Å². The van der Waals surface area contributed by atoms with Gasteiger partial charge in [0.15, 0.2) is 6.10 Å². The molecule has 5 nitrogen and oxygen atoms in total. The molecule has 1 saturated heterocycles. The van der Waals surface area contributed by atoms with Crippen molar-refractivity contribution in [2.45, 2.75) is 13.0 Å². The molecule has 1 heterocycles. The van der Waals surface area contributed by atoms with E-state index in [-0.39, 0.29) is 5.91 Å². The van der Waals surface area contributed by atoms with E-state index in [9.17, 15) is 4.79 Å². The quantitative estimate of drug-likeness (QED) is 0.736. The number of benzene rings is 2. The van der Waals surface area contributed by atoms with Crippen LogP contribution in [-0.4, -0.2) is 50.1 Å². The number of anilines is 2. The minimum absolute atomic E-state index is 0.204. The summed E-state index contributed by atoms with van der Waals surface area (Å²) in [6.45, 7) is 5.88. The molecule has 3 rings (SSSR count). The van der Waals surface area contributed by atoms with Gasteiger partial charge in [0.25, 0.3) is 5.91 Å². The lowest BCUT2D eigenvalue weighted by Crippen LogP contribution is -2.44. The summed E-state index contributed by atoms with van der Waals surface area (Å²) in [6.07, 6.45) is -0.639. The number of hydrogen-bond acceptors (Lipinski definition) is 4. The monoisotopic (exact) mass is 451 g/mol. The van der Waals surface area contributed by atoms with E-state index in [2.05, 4.69) is 38.1 Å². The Labute approximate surface area is 173 Å². The van der Waals surface area contributed by atoms with Crippen molar-refractivity contribution in [1.82, 2.24) is 4.90 Å². The molecule has 1 aliphatic rings. The number of ether oxygens (including phenoxy) is 1. The number of hydrogen-bond donors (Lipinski definition) is 1. The van der Waals surface area contributed by atoms with Crippen molar-refractivity contribution in [2.75, 3.05) is 43.4 Å². The Morgan fingerprint density at radius 1 is 1.15 bits per heavy atom. The maximum Gasteiger partial charge on any atom is 0.265 e. The number of nitrogens with one attached hydrogen (secondary N) is 1. The van der Waals surface area contributed by atoms with E-state index in [0.29, 0.717) is 15.2 Å². The molecular formula is C20H23BrClN3O2. The molecule has 1 fully saturated rings. The number of rotatable bonds is 5. The van der Waals surface area contributed by atoms with Crippen LogP contribution < -0.4 is 15.0 Å². The second-order valence-corrected chi connectivity index (χ2v) is 7.95. The van der Waals surface area contributed by atoms with Crippen molar-refractivity contribution in [3.8, 4) is 5.75 Å². The summed E-state index contributed by atoms with van der Waals surface area (Å²) in [7, 11) is 2.14. The van der Waals surface area contributed by atoms with Crippen molar-refractivity contribution in [1.29, 1.82) is 0 Å². The summed E-state index contributed by atoms with van der Waals surface area (Å²) in [5.74, 6) is 0.372. The molecular weight excluding hydrogens is 430 g/mol. The van der Waals surface area contributed by atoms with Crippen molar-refractivity contribution in [3.63, 3.8) is 0 Å². The van der Waals surface area contributed by atoms with E-state index in [4.69, 9.17) is 16.3 Å². The Hall–Kier alpha value is -1.76. The summed E-state index contributed by atoms with van der Waals surface area (Å²) in [5, 5.41) is 3.50. The lowest BCUT2D eigenvalue weighted by atomic mass is 10.2. The highest BCUT2D eigenvalue weighted by atomic mass is 79.9. The fourth-order valence-electron chi connectivity index (χ4n) is 2.88. The zero-order chi connectivity index (χ0) is 19.4. The molecule has 1 N–H and O–H groups in total. The molecule has 0 saturated carbocycles. The average molecular weight is 453 g/mol. The van der Waals surface area contributed by atoms with Gasteiger partial charge < -0.3 is 19.9 Å². The first-order chi connectivity index (χ1) is 12.9. The Morgan fingerprint density at radius 3 is 2.44 bits per heavy atom. The third kappa shape index (κ3) is 5.37. The van der Waals surface area contributed by atoms with E-state index in [0.717, 1.165) is 31.9 Å². The lowest BCUT2D eigenvalue weighted by molar-refractivity contribution is -0.122. The average Bonchev–Trinajstić information content (AvgIpc) is 2.65. The first kappa shape index (κ1) is 20.0. The van der Waals surface area contributed by atoms with Crippen molar-refractivity contribution < 1.29 is 9.53 Å². The normalized spacial score (nSPS) is 16.1. The Balaban J connectivity index is 1.57. The van der Waals surface area contributed by atoms with Crippen molar-refractivity contribution in [3.05, 3.63) is 52.0 Å². The summed E-state index contributed by atoms with van der Waals surface area (Å²) >= 11 is 9.32. The van der Waals surface area contributed by atoms with E-state index < -0.39 is 6.10 Å². The van der Waals surface area contributed by atoms with E-state index in [1.165, 1.54) is 5.69 Å². The lowest BCUT2D eigenvalue weighted by Gasteiger charge is -2.34. The minimum atomic E-state index is -0.639. The Morgan fingerprint density at radius 2 is 1.81 bits per heavy atom. The number of piperazine rings is 1. The molecule has 1 aliphatic heterocycles. The second-order valence-electron chi connectivity index (χ2n) is 6.66. The second kappa shape index (κ2) is 8.95. The number of amides is 1. The molecule has 1 amide bonds. The van der Waals surface area contributed by atoms with Gasteiger partial charge in [0.1, 0.15) is 5.75 Å². The third-order valence-electron chi connectivity index (χ3n) is 4.57. The molecule has 1 atom stereocenters. The van der Waals surface area contributed by atoms with Gasteiger partial charge in [-0.05, 0) is 72.4 Å². The zero-order valence-electron chi connectivity index (χ0n) is 15.4. The topological polar surface area (TPSA) is 44.8 Å². The first-order valence-electron chi connectivity index (χ1n) is 8.88. The highest BCUT2D eigenvalue weighted by molar-refractivity contribution is 9.10. The molecule has 2 aromatic rings. The van der Waals surface area contributed by atoms with Crippen LogP contribution in [0.2, 0.25) is 5.02 Å². The van der Waals surface area contributed by atoms with E-state index >= 15 is 0 Å². The van der Waals surface area contributed by atoms with Gasteiger partial charge in [-0.2, -0.15) is 0 Å². The smallest absolute Gasteiger partial charge is 0.265 e.